The zero-order valence-corrected chi connectivity index (χ0v) is 16.5. The van der Waals surface area contributed by atoms with Gasteiger partial charge in [0, 0.05) is 17.1 Å². The molecule has 7 heteroatoms. The van der Waals surface area contributed by atoms with Crippen LogP contribution in [0.5, 0.6) is 0 Å². The Bertz CT molecular complexity index is 1290. The molecular formula is C24H19N3O4. The summed E-state index contributed by atoms with van der Waals surface area (Å²) in [7, 11) is 0. The number of amides is 1. The van der Waals surface area contributed by atoms with Gasteiger partial charge in [0.1, 0.15) is 0 Å². The van der Waals surface area contributed by atoms with Crippen molar-refractivity contribution < 1.29 is 14.3 Å². The standard InChI is InChI=1S/C24H19N3O4/c28-22(25-20-12-6-10-18-9-4-5-11-19(18)20)16-31-24(30)21-13-14-23(29)27(26-21)15-17-7-2-1-3-8-17/h1-14H,15-16H2,(H,25,28). The Balaban J connectivity index is 1.41. The van der Waals surface area contributed by atoms with Crippen LogP contribution in [0.25, 0.3) is 10.8 Å². The molecule has 7 nitrogen and oxygen atoms in total. The highest BCUT2D eigenvalue weighted by Gasteiger charge is 2.14. The van der Waals surface area contributed by atoms with Crippen molar-refractivity contribution in [1.82, 2.24) is 9.78 Å². The van der Waals surface area contributed by atoms with E-state index in [9.17, 15) is 14.4 Å². The Morgan fingerprint density at radius 2 is 1.61 bits per heavy atom. The number of carbonyl (C=O) groups excluding carboxylic acids is 2. The second-order valence-electron chi connectivity index (χ2n) is 6.85. The first-order valence-corrected chi connectivity index (χ1v) is 9.67. The van der Waals surface area contributed by atoms with Gasteiger partial charge < -0.3 is 10.1 Å². The Kier molecular flexibility index (Phi) is 5.84. The molecule has 154 valence electrons. The molecule has 1 heterocycles. The number of hydrogen-bond donors (Lipinski definition) is 1. The molecule has 1 aromatic heterocycles. The fraction of sp³-hybridized carbons (Fsp3) is 0.0833. The van der Waals surface area contributed by atoms with Gasteiger partial charge in [0.25, 0.3) is 11.5 Å². The highest BCUT2D eigenvalue weighted by molar-refractivity contribution is 6.03. The Morgan fingerprint density at radius 3 is 2.45 bits per heavy atom. The molecule has 0 atom stereocenters. The van der Waals surface area contributed by atoms with Crippen molar-refractivity contribution in [2.24, 2.45) is 0 Å². The minimum absolute atomic E-state index is 0.0477. The van der Waals surface area contributed by atoms with E-state index in [1.807, 2.05) is 66.7 Å². The van der Waals surface area contributed by atoms with E-state index < -0.39 is 18.5 Å². The van der Waals surface area contributed by atoms with E-state index in [1.165, 1.54) is 16.8 Å². The Morgan fingerprint density at radius 1 is 0.871 bits per heavy atom. The summed E-state index contributed by atoms with van der Waals surface area (Å²) in [6.07, 6.45) is 0. The molecular weight excluding hydrogens is 394 g/mol. The van der Waals surface area contributed by atoms with Gasteiger partial charge in [0.05, 0.1) is 6.54 Å². The van der Waals surface area contributed by atoms with Crippen LogP contribution < -0.4 is 10.9 Å². The van der Waals surface area contributed by atoms with Gasteiger partial charge in [-0.2, -0.15) is 5.10 Å². The molecule has 0 radical (unpaired) electrons. The van der Waals surface area contributed by atoms with E-state index in [4.69, 9.17) is 4.74 Å². The second-order valence-corrected chi connectivity index (χ2v) is 6.85. The van der Waals surface area contributed by atoms with Crippen LogP contribution in [0.2, 0.25) is 0 Å². The van der Waals surface area contributed by atoms with Crippen LogP contribution >= 0.6 is 0 Å². The van der Waals surface area contributed by atoms with E-state index in [0.717, 1.165) is 16.3 Å². The Labute approximate surface area is 177 Å². The van der Waals surface area contributed by atoms with Crippen molar-refractivity contribution in [3.05, 3.63) is 107 Å². The predicted molar refractivity (Wildman–Crippen MR) is 117 cm³/mol. The maximum absolute atomic E-state index is 12.3. The van der Waals surface area contributed by atoms with E-state index in [0.29, 0.717) is 5.69 Å². The molecule has 0 unspecified atom stereocenters. The van der Waals surface area contributed by atoms with E-state index >= 15 is 0 Å². The molecule has 31 heavy (non-hydrogen) atoms. The van der Waals surface area contributed by atoms with Crippen LogP contribution in [-0.4, -0.2) is 28.3 Å². The third-order valence-electron chi connectivity index (χ3n) is 4.65. The largest absolute Gasteiger partial charge is 0.451 e. The summed E-state index contributed by atoms with van der Waals surface area (Å²) in [6.45, 7) is -0.246. The first-order chi connectivity index (χ1) is 15.1. The first-order valence-electron chi connectivity index (χ1n) is 9.67. The lowest BCUT2D eigenvalue weighted by atomic mass is 10.1. The summed E-state index contributed by atoms with van der Waals surface area (Å²) in [4.78, 5) is 36.7. The van der Waals surface area contributed by atoms with Gasteiger partial charge in [-0.1, -0.05) is 66.7 Å². The molecule has 0 bridgehead atoms. The van der Waals surface area contributed by atoms with Crippen LogP contribution in [0, 0.1) is 0 Å². The van der Waals surface area contributed by atoms with Crippen molar-refractivity contribution in [1.29, 1.82) is 0 Å². The van der Waals surface area contributed by atoms with E-state index in [1.54, 1.807) is 6.07 Å². The minimum Gasteiger partial charge on any atom is -0.451 e. The van der Waals surface area contributed by atoms with Crippen LogP contribution in [0.4, 0.5) is 5.69 Å². The average molecular weight is 413 g/mol. The quantitative estimate of drug-likeness (QED) is 0.490. The molecule has 1 N–H and O–H groups in total. The first kappa shape index (κ1) is 20.0. The second kappa shape index (κ2) is 9.04. The zero-order valence-electron chi connectivity index (χ0n) is 16.5. The number of anilines is 1. The van der Waals surface area contributed by atoms with E-state index in [2.05, 4.69) is 10.4 Å². The van der Waals surface area contributed by atoms with Gasteiger partial charge in [-0.3, -0.25) is 9.59 Å². The smallest absolute Gasteiger partial charge is 0.359 e. The average Bonchev–Trinajstić information content (AvgIpc) is 2.80. The third-order valence-corrected chi connectivity index (χ3v) is 4.65. The molecule has 0 aliphatic rings. The maximum Gasteiger partial charge on any atom is 0.359 e. The summed E-state index contributed by atoms with van der Waals surface area (Å²) < 4.78 is 6.27. The predicted octanol–water partition coefficient (Wildman–Crippen LogP) is 3.24. The van der Waals surface area contributed by atoms with Crippen molar-refractivity contribution in [2.75, 3.05) is 11.9 Å². The van der Waals surface area contributed by atoms with Crippen molar-refractivity contribution in [3.63, 3.8) is 0 Å². The maximum atomic E-state index is 12.3. The van der Waals surface area contributed by atoms with Gasteiger partial charge in [0.15, 0.2) is 12.3 Å². The number of aromatic nitrogens is 2. The summed E-state index contributed by atoms with van der Waals surface area (Å²) in [6, 6.07) is 25.0. The van der Waals surface area contributed by atoms with Gasteiger partial charge in [-0.15, -0.1) is 0 Å². The summed E-state index contributed by atoms with van der Waals surface area (Å²) in [5.41, 5.74) is 1.12. The van der Waals surface area contributed by atoms with Crippen LogP contribution in [0.3, 0.4) is 0 Å². The number of hydrogen-bond acceptors (Lipinski definition) is 5. The molecule has 0 saturated carbocycles. The normalized spacial score (nSPS) is 10.6. The number of esters is 1. The fourth-order valence-corrected chi connectivity index (χ4v) is 3.15. The van der Waals surface area contributed by atoms with Gasteiger partial charge in [-0.05, 0) is 23.1 Å². The SMILES string of the molecule is O=C(COC(=O)c1ccc(=O)n(Cc2ccccc2)n1)Nc1cccc2ccccc12. The lowest BCUT2D eigenvalue weighted by Gasteiger charge is -2.10. The highest BCUT2D eigenvalue weighted by atomic mass is 16.5. The molecule has 0 aliphatic heterocycles. The zero-order chi connectivity index (χ0) is 21.6. The van der Waals surface area contributed by atoms with Crippen molar-refractivity contribution in [3.8, 4) is 0 Å². The van der Waals surface area contributed by atoms with Gasteiger partial charge in [0.2, 0.25) is 0 Å². The number of nitrogens with zero attached hydrogens (tertiary/aromatic N) is 2. The van der Waals surface area contributed by atoms with Crippen molar-refractivity contribution >= 4 is 28.3 Å². The van der Waals surface area contributed by atoms with Crippen molar-refractivity contribution in [2.45, 2.75) is 6.54 Å². The number of nitrogens with one attached hydrogen (secondary N) is 1. The van der Waals surface area contributed by atoms with Gasteiger partial charge >= 0.3 is 5.97 Å². The molecule has 0 saturated heterocycles. The highest BCUT2D eigenvalue weighted by Crippen LogP contribution is 2.22. The minimum atomic E-state index is -0.783. The molecule has 4 aromatic rings. The lowest BCUT2D eigenvalue weighted by molar-refractivity contribution is -0.119. The molecule has 0 aliphatic carbocycles. The molecule has 0 fully saturated rings. The fourth-order valence-electron chi connectivity index (χ4n) is 3.15. The molecule has 0 spiro atoms. The molecule has 1 amide bonds. The van der Waals surface area contributed by atoms with Gasteiger partial charge in [-0.25, -0.2) is 9.48 Å². The monoisotopic (exact) mass is 413 g/mol. The Hall–Kier alpha value is -4.26. The summed E-state index contributed by atoms with van der Waals surface area (Å²) >= 11 is 0. The molecule has 4 rings (SSSR count). The number of rotatable bonds is 6. The van der Waals surface area contributed by atoms with E-state index in [-0.39, 0.29) is 17.8 Å². The van der Waals surface area contributed by atoms with Crippen LogP contribution in [-0.2, 0) is 16.1 Å². The number of benzene rings is 3. The summed E-state index contributed by atoms with van der Waals surface area (Å²) in [5, 5.41) is 8.70. The van der Waals surface area contributed by atoms with Crippen LogP contribution in [0.1, 0.15) is 16.1 Å². The number of carbonyl (C=O) groups is 2. The number of ether oxygens (including phenoxy) is 1. The third kappa shape index (κ3) is 4.84. The van der Waals surface area contributed by atoms with Crippen LogP contribution in [0.15, 0.2) is 89.7 Å². The topological polar surface area (TPSA) is 90.3 Å². The lowest BCUT2D eigenvalue weighted by Crippen LogP contribution is -2.26. The summed E-state index contributed by atoms with van der Waals surface area (Å²) in [5.74, 6) is -1.25. The molecule has 3 aromatic carbocycles. The number of fused-ring (bicyclic) bond motifs is 1.